The van der Waals surface area contributed by atoms with Crippen molar-refractivity contribution in [2.24, 2.45) is 0 Å². The largest absolute Gasteiger partial charge is 0.0798 e. The van der Waals surface area contributed by atoms with Crippen molar-refractivity contribution in [1.29, 1.82) is 0 Å². The van der Waals surface area contributed by atoms with Crippen LogP contribution in [0.25, 0.3) is 0 Å². The van der Waals surface area contributed by atoms with Gasteiger partial charge in [-0.25, -0.2) is 0 Å². The fraction of sp³-hybridized carbons (Fsp3) is 0.714. The van der Waals surface area contributed by atoms with Gasteiger partial charge < -0.3 is 0 Å². The summed E-state index contributed by atoms with van der Waals surface area (Å²) in [7, 11) is -0.0661. The molecule has 0 saturated carbocycles. The summed E-state index contributed by atoms with van der Waals surface area (Å²) in [6, 6.07) is 0. The first-order chi connectivity index (χ1) is 6.64. The van der Waals surface area contributed by atoms with E-state index in [-0.39, 0.29) is 7.92 Å². The van der Waals surface area contributed by atoms with E-state index >= 15 is 0 Å². The summed E-state index contributed by atoms with van der Waals surface area (Å²) in [6.45, 7) is 16.6. The van der Waals surface area contributed by atoms with Crippen LogP contribution in [0.4, 0.5) is 0 Å². The molecule has 0 aromatic heterocycles. The van der Waals surface area contributed by atoms with Gasteiger partial charge in [0.15, 0.2) is 0 Å². The molecule has 0 spiro atoms. The van der Waals surface area contributed by atoms with Crippen molar-refractivity contribution in [2.45, 2.75) is 65.2 Å². The van der Waals surface area contributed by atoms with E-state index in [9.17, 15) is 0 Å². The van der Waals surface area contributed by atoms with Crippen molar-refractivity contribution >= 4 is 7.92 Å². The molecule has 0 aromatic carbocycles. The topological polar surface area (TPSA) is 0 Å². The highest BCUT2D eigenvalue weighted by Crippen LogP contribution is 2.67. The lowest BCUT2D eigenvalue weighted by Crippen LogP contribution is -2.25. The Hall–Kier alpha value is -0.0900. The van der Waals surface area contributed by atoms with Crippen molar-refractivity contribution in [2.75, 3.05) is 0 Å². The smallest absolute Gasteiger partial charge is 0.00868 e. The highest BCUT2D eigenvalue weighted by atomic mass is 31.1. The van der Waals surface area contributed by atoms with Gasteiger partial charge in [-0.15, -0.1) is 0 Å². The Morgan fingerprint density at radius 1 is 1.00 bits per heavy atom. The van der Waals surface area contributed by atoms with E-state index in [0.717, 1.165) is 0 Å². The lowest BCUT2D eigenvalue weighted by Gasteiger charge is -2.43. The molecule has 0 atom stereocenters. The highest BCUT2D eigenvalue weighted by molar-refractivity contribution is 7.65. The molecule has 0 N–H and O–H groups in total. The molecule has 0 unspecified atom stereocenters. The quantitative estimate of drug-likeness (QED) is 0.530. The minimum atomic E-state index is -0.0661. The molecule has 15 heavy (non-hydrogen) atoms. The van der Waals surface area contributed by atoms with E-state index < -0.39 is 0 Å². The van der Waals surface area contributed by atoms with Gasteiger partial charge in [-0.05, 0) is 34.5 Å². The molecular weight excluding hydrogens is 199 g/mol. The van der Waals surface area contributed by atoms with Crippen molar-refractivity contribution in [3.05, 3.63) is 23.0 Å². The molecular formula is C14H25P. The van der Waals surface area contributed by atoms with E-state index in [1.165, 1.54) is 12.0 Å². The molecule has 0 fully saturated rings. The second-order valence-corrected chi connectivity index (χ2v) is 10.3. The van der Waals surface area contributed by atoms with Crippen LogP contribution in [0, 0.1) is 0 Å². The zero-order valence-electron chi connectivity index (χ0n) is 11.3. The lowest BCUT2D eigenvalue weighted by molar-refractivity contribution is 0.709. The molecule has 0 aliphatic heterocycles. The Labute approximate surface area is 96.6 Å². The third kappa shape index (κ3) is 2.94. The number of hydrogen-bond acceptors (Lipinski definition) is 0. The van der Waals surface area contributed by atoms with Crippen LogP contribution in [0.15, 0.2) is 23.0 Å². The van der Waals surface area contributed by atoms with Crippen LogP contribution in [-0.2, 0) is 0 Å². The van der Waals surface area contributed by atoms with Gasteiger partial charge in [0.05, 0.1) is 0 Å². The predicted molar refractivity (Wildman–Crippen MR) is 72.9 cm³/mol. The summed E-state index contributed by atoms with van der Waals surface area (Å²) in [5.74, 6) is 0. The first-order valence-corrected chi connectivity index (χ1v) is 7.15. The van der Waals surface area contributed by atoms with Crippen LogP contribution >= 0.6 is 7.92 Å². The fourth-order valence-corrected chi connectivity index (χ4v) is 7.04. The number of allylic oxidation sites excluding steroid dienone is 4. The summed E-state index contributed by atoms with van der Waals surface area (Å²) in [4.78, 5) is 0. The first kappa shape index (κ1) is 13.0. The molecule has 0 bridgehead atoms. The zero-order valence-corrected chi connectivity index (χ0v) is 12.2. The molecule has 1 aliphatic rings. The highest BCUT2D eigenvalue weighted by Gasteiger charge is 2.37. The van der Waals surface area contributed by atoms with Crippen LogP contribution in [-0.4, -0.2) is 10.3 Å². The van der Waals surface area contributed by atoms with Crippen molar-refractivity contribution in [1.82, 2.24) is 0 Å². The summed E-state index contributed by atoms with van der Waals surface area (Å²) in [6.07, 6.45) is 5.80. The third-order valence-corrected chi connectivity index (χ3v) is 6.50. The Kier molecular flexibility index (Phi) is 3.51. The number of hydrogen-bond donors (Lipinski definition) is 0. The maximum absolute atomic E-state index is 2.39. The standard InChI is InChI=1S/C14H25P/c1-11-9-8-10-12(11)15(13(2,3)4)14(5,6)7/h8-9H,10H2,1-7H3. The Bertz CT molecular complexity index is 280. The maximum atomic E-state index is 2.39. The summed E-state index contributed by atoms with van der Waals surface area (Å²) in [5.41, 5.74) is 1.52. The van der Waals surface area contributed by atoms with Gasteiger partial charge in [0.2, 0.25) is 0 Å². The molecule has 0 heterocycles. The normalized spacial score (nSPS) is 18.1. The second kappa shape index (κ2) is 4.06. The van der Waals surface area contributed by atoms with Crippen LogP contribution < -0.4 is 0 Å². The first-order valence-electron chi connectivity index (χ1n) is 5.80. The van der Waals surface area contributed by atoms with Crippen molar-refractivity contribution < 1.29 is 0 Å². The van der Waals surface area contributed by atoms with E-state index in [1.54, 1.807) is 5.31 Å². The van der Waals surface area contributed by atoms with Crippen LogP contribution in [0.5, 0.6) is 0 Å². The van der Waals surface area contributed by atoms with Crippen LogP contribution in [0.2, 0.25) is 0 Å². The average Bonchev–Trinajstić information content (AvgIpc) is 2.30. The van der Waals surface area contributed by atoms with Crippen molar-refractivity contribution in [3.63, 3.8) is 0 Å². The van der Waals surface area contributed by atoms with Crippen LogP contribution in [0.1, 0.15) is 54.9 Å². The SMILES string of the molecule is CC1=C(P(C(C)(C)C)C(C)(C)C)CC=C1. The summed E-state index contributed by atoms with van der Waals surface area (Å²) in [5, 5.41) is 2.54. The van der Waals surface area contributed by atoms with Crippen LogP contribution in [0.3, 0.4) is 0 Å². The van der Waals surface area contributed by atoms with E-state index in [0.29, 0.717) is 10.3 Å². The van der Waals surface area contributed by atoms with Gasteiger partial charge in [-0.1, -0.05) is 61.6 Å². The van der Waals surface area contributed by atoms with Gasteiger partial charge in [0.1, 0.15) is 0 Å². The van der Waals surface area contributed by atoms with Gasteiger partial charge in [-0.2, -0.15) is 0 Å². The van der Waals surface area contributed by atoms with Gasteiger partial charge >= 0.3 is 0 Å². The number of rotatable bonds is 1. The molecule has 86 valence electrons. The minimum absolute atomic E-state index is 0.0661. The predicted octanol–water partition coefficient (Wildman–Crippen LogP) is 5.30. The molecule has 0 radical (unpaired) electrons. The monoisotopic (exact) mass is 224 g/mol. The molecule has 0 aromatic rings. The molecule has 0 amide bonds. The Morgan fingerprint density at radius 2 is 1.47 bits per heavy atom. The second-order valence-electron chi connectivity index (χ2n) is 6.41. The van der Waals surface area contributed by atoms with E-state index in [4.69, 9.17) is 0 Å². The van der Waals surface area contributed by atoms with Gasteiger partial charge in [0.25, 0.3) is 0 Å². The van der Waals surface area contributed by atoms with Gasteiger partial charge in [0, 0.05) is 0 Å². The van der Waals surface area contributed by atoms with E-state index in [1.807, 2.05) is 0 Å². The summed E-state index contributed by atoms with van der Waals surface area (Å²) >= 11 is 0. The molecule has 1 heteroatoms. The Balaban J connectivity index is 3.10. The molecule has 1 rings (SSSR count). The summed E-state index contributed by atoms with van der Waals surface area (Å²) < 4.78 is 0. The van der Waals surface area contributed by atoms with Crippen molar-refractivity contribution in [3.8, 4) is 0 Å². The molecule has 0 saturated heterocycles. The zero-order chi connectivity index (χ0) is 11.9. The average molecular weight is 224 g/mol. The molecule has 1 aliphatic carbocycles. The maximum Gasteiger partial charge on any atom is -0.00868 e. The minimum Gasteiger partial charge on any atom is -0.0798 e. The van der Waals surface area contributed by atoms with Gasteiger partial charge in [-0.3, -0.25) is 0 Å². The fourth-order valence-electron chi connectivity index (χ4n) is 2.69. The molecule has 0 nitrogen and oxygen atoms in total. The Morgan fingerprint density at radius 3 is 1.73 bits per heavy atom. The van der Waals surface area contributed by atoms with E-state index in [2.05, 4.69) is 60.6 Å². The third-order valence-electron chi connectivity index (χ3n) is 2.75. The lowest BCUT2D eigenvalue weighted by atomic mass is 10.2.